The molecule has 1 amide bonds. The number of ether oxygens (including phenoxy) is 1. The largest absolute Gasteiger partial charge is 0.481 e. The van der Waals surface area contributed by atoms with Crippen LogP contribution in [0.1, 0.15) is 5.56 Å². The first-order chi connectivity index (χ1) is 16.0. The molecule has 3 N–H and O–H groups in total. The summed E-state index contributed by atoms with van der Waals surface area (Å²) in [7, 11) is 0. The lowest BCUT2D eigenvalue weighted by Crippen LogP contribution is -2.20. The van der Waals surface area contributed by atoms with Gasteiger partial charge < -0.3 is 20.7 Å². The first-order valence-corrected chi connectivity index (χ1v) is 10.1. The average Bonchev–Trinajstić information content (AvgIpc) is 2.80. The lowest BCUT2D eigenvalue weighted by Gasteiger charge is -2.10. The van der Waals surface area contributed by atoms with Gasteiger partial charge in [0, 0.05) is 23.6 Å². The second kappa shape index (κ2) is 10.2. The topological polar surface area (TPSA) is 101 Å². The van der Waals surface area contributed by atoms with Crippen molar-refractivity contribution in [3.8, 4) is 5.75 Å². The Kier molecular flexibility index (Phi) is 6.70. The molecule has 0 spiro atoms. The van der Waals surface area contributed by atoms with E-state index in [1.165, 1.54) is 18.5 Å². The maximum Gasteiger partial charge on any atom is 0.262 e. The van der Waals surface area contributed by atoms with E-state index in [4.69, 9.17) is 4.74 Å². The fourth-order valence-electron chi connectivity index (χ4n) is 2.92. The lowest BCUT2D eigenvalue weighted by molar-refractivity contribution is -0.118. The van der Waals surface area contributed by atoms with Gasteiger partial charge in [0.1, 0.15) is 23.8 Å². The Hall–Kier alpha value is -4.53. The van der Waals surface area contributed by atoms with Crippen LogP contribution in [-0.2, 0) is 4.79 Å². The highest BCUT2D eigenvalue weighted by Gasteiger charge is 2.07. The van der Waals surface area contributed by atoms with Crippen LogP contribution in [0.4, 0.5) is 33.2 Å². The minimum Gasteiger partial charge on any atom is -0.481 e. The molecule has 4 aromatic rings. The number of anilines is 5. The number of pyridine rings is 1. The van der Waals surface area contributed by atoms with Crippen molar-refractivity contribution in [2.24, 2.45) is 0 Å². The highest BCUT2D eigenvalue weighted by Crippen LogP contribution is 2.21. The van der Waals surface area contributed by atoms with E-state index in [-0.39, 0.29) is 12.4 Å². The second-order valence-electron chi connectivity index (χ2n) is 7.10. The standard InChI is InChI=1S/C24H21FN6O2/c1-16-10-11-26-21(12-16)31-23-13-22(27-15-28-23)29-17-6-8-18(9-7-17)30-24(32)14-33-20-5-3-2-4-19(20)25/h2-13,15H,14H2,1H3,(H,30,32)(H2,26,27,28,29,31). The quantitative estimate of drug-likeness (QED) is 0.358. The van der Waals surface area contributed by atoms with Crippen molar-refractivity contribution in [1.82, 2.24) is 15.0 Å². The molecule has 0 saturated carbocycles. The number of para-hydroxylation sites is 1. The maximum atomic E-state index is 13.6. The second-order valence-corrected chi connectivity index (χ2v) is 7.10. The zero-order valence-electron chi connectivity index (χ0n) is 17.7. The highest BCUT2D eigenvalue weighted by atomic mass is 19.1. The summed E-state index contributed by atoms with van der Waals surface area (Å²) in [5, 5.41) is 9.04. The summed E-state index contributed by atoms with van der Waals surface area (Å²) in [6, 6.07) is 18.6. The smallest absolute Gasteiger partial charge is 0.262 e. The molecule has 0 aliphatic rings. The predicted molar refractivity (Wildman–Crippen MR) is 125 cm³/mol. The molecular weight excluding hydrogens is 423 g/mol. The third-order valence-corrected chi connectivity index (χ3v) is 4.48. The molecule has 0 aliphatic carbocycles. The third-order valence-electron chi connectivity index (χ3n) is 4.48. The number of rotatable bonds is 8. The Morgan fingerprint density at radius 2 is 1.58 bits per heavy atom. The van der Waals surface area contributed by atoms with Crippen molar-refractivity contribution >= 4 is 34.7 Å². The normalized spacial score (nSPS) is 10.4. The van der Waals surface area contributed by atoms with Gasteiger partial charge in [0.15, 0.2) is 18.2 Å². The van der Waals surface area contributed by atoms with Crippen molar-refractivity contribution in [2.75, 3.05) is 22.6 Å². The Labute approximate surface area is 189 Å². The van der Waals surface area contributed by atoms with Crippen LogP contribution in [0.15, 0.2) is 79.3 Å². The zero-order chi connectivity index (χ0) is 23.0. The fraction of sp³-hybridized carbons (Fsp3) is 0.0833. The highest BCUT2D eigenvalue weighted by molar-refractivity contribution is 5.92. The molecule has 2 aromatic heterocycles. The number of aryl methyl sites for hydroxylation is 1. The molecule has 2 heterocycles. The van der Waals surface area contributed by atoms with Gasteiger partial charge in [0.05, 0.1) is 0 Å². The van der Waals surface area contributed by atoms with E-state index in [1.807, 2.05) is 19.1 Å². The van der Waals surface area contributed by atoms with Crippen LogP contribution in [-0.4, -0.2) is 27.5 Å². The number of amides is 1. The fourth-order valence-corrected chi connectivity index (χ4v) is 2.92. The molecule has 0 fully saturated rings. The molecule has 9 heteroatoms. The molecule has 0 atom stereocenters. The van der Waals surface area contributed by atoms with Crippen LogP contribution in [0.25, 0.3) is 0 Å². The van der Waals surface area contributed by atoms with Gasteiger partial charge in [-0.15, -0.1) is 0 Å². The monoisotopic (exact) mass is 444 g/mol. The summed E-state index contributed by atoms with van der Waals surface area (Å²) >= 11 is 0. The Morgan fingerprint density at radius 3 is 2.33 bits per heavy atom. The zero-order valence-corrected chi connectivity index (χ0v) is 17.7. The van der Waals surface area contributed by atoms with Gasteiger partial charge >= 0.3 is 0 Å². The van der Waals surface area contributed by atoms with E-state index in [0.29, 0.717) is 23.1 Å². The SMILES string of the molecule is Cc1ccnc(Nc2cc(Nc3ccc(NC(=O)COc4ccccc4F)cc3)ncn2)c1. The van der Waals surface area contributed by atoms with Crippen LogP contribution in [0, 0.1) is 12.7 Å². The van der Waals surface area contributed by atoms with Gasteiger partial charge in [-0.25, -0.2) is 19.3 Å². The number of carbonyl (C=O) groups is 1. The van der Waals surface area contributed by atoms with Crippen LogP contribution >= 0.6 is 0 Å². The van der Waals surface area contributed by atoms with Crippen molar-refractivity contribution in [3.63, 3.8) is 0 Å². The van der Waals surface area contributed by atoms with Crippen LogP contribution in [0.2, 0.25) is 0 Å². The van der Waals surface area contributed by atoms with Crippen molar-refractivity contribution < 1.29 is 13.9 Å². The maximum absolute atomic E-state index is 13.6. The number of hydrogen-bond donors (Lipinski definition) is 3. The minimum atomic E-state index is -0.515. The number of carbonyl (C=O) groups excluding carboxylic acids is 1. The van der Waals surface area contributed by atoms with Crippen molar-refractivity contribution in [3.05, 3.63) is 90.6 Å². The van der Waals surface area contributed by atoms with Crippen LogP contribution in [0.3, 0.4) is 0 Å². The number of benzene rings is 2. The molecule has 0 saturated heterocycles. The molecule has 0 unspecified atom stereocenters. The van der Waals surface area contributed by atoms with E-state index in [1.54, 1.807) is 48.7 Å². The van der Waals surface area contributed by atoms with Gasteiger partial charge in [0.2, 0.25) is 0 Å². The van der Waals surface area contributed by atoms with Gasteiger partial charge in [-0.05, 0) is 61.0 Å². The summed E-state index contributed by atoms with van der Waals surface area (Å²) in [5.41, 5.74) is 2.44. The lowest BCUT2D eigenvalue weighted by atomic mass is 10.2. The van der Waals surface area contributed by atoms with Gasteiger partial charge in [0.25, 0.3) is 5.91 Å². The number of nitrogens with zero attached hydrogens (tertiary/aromatic N) is 3. The van der Waals surface area contributed by atoms with Gasteiger partial charge in [-0.2, -0.15) is 0 Å². The minimum absolute atomic E-state index is 0.0316. The number of halogens is 1. The first kappa shape index (κ1) is 21.7. The van der Waals surface area contributed by atoms with E-state index < -0.39 is 11.7 Å². The van der Waals surface area contributed by atoms with E-state index in [0.717, 1.165) is 11.3 Å². The van der Waals surface area contributed by atoms with Crippen LogP contribution in [0.5, 0.6) is 5.75 Å². The van der Waals surface area contributed by atoms with Gasteiger partial charge in [-0.1, -0.05) is 12.1 Å². The molecular formula is C24H21FN6O2. The molecule has 0 aliphatic heterocycles. The van der Waals surface area contributed by atoms with Crippen LogP contribution < -0.4 is 20.7 Å². The molecule has 33 heavy (non-hydrogen) atoms. The molecule has 0 bridgehead atoms. The van der Waals surface area contributed by atoms with E-state index in [9.17, 15) is 9.18 Å². The summed E-state index contributed by atoms with van der Waals surface area (Å²) < 4.78 is 18.8. The number of nitrogens with one attached hydrogen (secondary N) is 3. The molecule has 0 radical (unpaired) electrons. The van der Waals surface area contributed by atoms with E-state index >= 15 is 0 Å². The summed E-state index contributed by atoms with van der Waals surface area (Å²) in [6.07, 6.45) is 3.18. The van der Waals surface area contributed by atoms with Crippen molar-refractivity contribution in [2.45, 2.75) is 6.92 Å². The number of aromatic nitrogens is 3. The predicted octanol–water partition coefficient (Wildman–Crippen LogP) is 4.82. The molecule has 2 aromatic carbocycles. The third kappa shape index (κ3) is 6.23. The Balaban J connectivity index is 1.32. The first-order valence-electron chi connectivity index (χ1n) is 10.1. The molecule has 166 valence electrons. The Bertz CT molecular complexity index is 1250. The molecule has 8 nitrogen and oxygen atoms in total. The summed E-state index contributed by atoms with van der Waals surface area (Å²) in [4.78, 5) is 24.8. The average molecular weight is 444 g/mol. The van der Waals surface area contributed by atoms with Gasteiger partial charge in [-0.3, -0.25) is 4.79 Å². The summed E-state index contributed by atoms with van der Waals surface area (Å²) in [6.45, 7) is 1.69. The summed E-state index contributed by atoms with van der Waals surface area (Å²) in [5.74, 6) is 1.01. The van der Waals surface area contributed by atoms with E-state index in [2.05, 4.69) is 30.9 Å². The number of hydrogen-bond acceptors (Lipinski definition) is 7. The molecule has 4 rings (SSSR count). The van der Waals surface area contributed by atoms with Crippen molar-refractivity contribution in [1.29, 1.82) is 0 Å². The Morgan fingerprint density at radius 1 is 0.879 bits per heavy atom.